The maximum Gasteiger partial charge on any atom is 0.0775 e. The molecule has 1 aromatic rings. The van der Waals surface area contributed by atoms with E-state index in [9.17, 15) is 5.21 Å². The van der Waals surface area contributed by atoms with Crippen molar-refractivity contribution >= 4 is 5.71 Å². The molecule has 0 aromatic carbocycles. The first-order valence-corrected chi connectivity index (χ1v) is 7.18. The summed E-state index contributed by atoms with van der Waals surface area (Å²) in [6.07, 6.45) is 7.36. The van der Waals surface area contributed by atoms with Crippen LogP contribution in [0, 0.1) is 11.8 Å². The molecule has 1 heterocycles. The first kappa shape index (κ1) is 12.6. The lowest BCUT2D eigenvalue weighted by Gasteiger charge is -2.34. The number of aromatic nitrogens is 1. The lowest BCUT2D eigenvalue weighted by molar-refractivity contribution is 0.192. The Balaban J connectivity index is 1.79. The maximum absolute atomic E-state index is 9.32. The second-order valence-corrected chi connectivity index (χ2v) is 5.66. The van der Waals surface area contributed by atoms with Crippen molar-refractivity contribution < 1.29 is 5.21 Å². The first-order chi connectivity index (χ1) is 9.33. The summed E-state index contributed by atoms with van der Waals surface area (Å²) >= 11 is 0. The Bertz CT molecular complexity index is 460. The molecule has 2 bridgehead atoms. The summed E-state index contributed by atoms with van der Waals surface area (Å²) in [5.74, 6) is 1.20. The van der Waals surface area contributed by atoms with Gasteiger partial charge in [-0.05, 0) is 49.4 Å². The van der Waals surface area contributed by atoms with Gasteiger partial charge in [0, 0.05) is 24.9 Å². The van der Waals surface area contributed by atoms with Crippen molar-refractivity contribution in [1.82, 2.24) is 9.88 Å². The third-order valence-electron chi connectivity index (χ3n) is 4.69. The Morgan fingerprint density at radius 2 is 2.16 bits per heavy atom. The number of fused-ring (bicyclic) bond motifs is 2. The van der Waals surface area contributed by atoms with E-state index in [1.54, 1.807) is 0 Å². The Morgan fingerprint density at radius 1 is 1.37 bits per heavy atom. The molecule has 3 atom stereocenters. The molecule has 0 radical (unpaired) electrons. The van der Waals surface area contributed by atoms with E-state index in [-0.39, 0.29) is 0 Å². The largest absolute Gasteiger partial charge is 0.411 e. The molecular formula is C15H21N3O. The van der Waals surface area contributed by atoms with Crippen LogP contribution in [-0.4, -0.2) is 33.4 Å². The van der Waals surface area contributed by atoms with Gasteiger partial charge in [0.2, 0.25) is 0 Å². The average molecular weight is 259 g/mol. The molecule has 1 aromatic heterocycles. The Hall–Kier alpha value is -1.42. The number of oxime groups is 1. The van der Waals surface area contributed by atoms with Crippen molar-refractivity contribution in [2.75, 3.05) is 6.54 Å². The van der Waals surface area contributed by atoms with Crippen LogP contribution in [0.25, 0.3) is 0 Å². The first-order valence-electron chi connectivity index (χ1n) is 7.18. The zero-order valence-electron chi connectivity index (χ0n) is 11.4. The van der Waals surface area contributed by atoms with Crippen molar-refractivity contribution in [2.45, 2.75) is 38.8 Å². The number of pyridine rings is 1. The van der Waals surface area contributed by atoms with Crippen LogP contribution in [0.4, 0.5) is 0 Å². The Morgan fingerprint density at radius 3 is 2.84 bits per heavy atom. The second kappa shape index (κ2) is 5.29. The van der Waals surface area contributed by atoms with Gasteiger partial charge in [-0.2, -0.15) is 0 Å². The highest BCUT2D eigenvalue weighted by molar-refractivity contribution is 5.94. The minimum absolute atomic E-state index is 0.335. The molecule has 2 aliphatic carbocycles. The fourth-order valence-electron chi connectivity index (χ4n) is 3.81. The third kappa shape index (κ3) is 2.25. The zero-order chi connectivity index (χ0) is 13.2. The molecule has 0 unspecified atom stereocenters. The second-order valence-electron chi connectivity index (χ2n) is 5.66. The van der Waals surface area contributed by atoms with Gasteiger partial charge >= 0.3 is 0 Å². The van der Waals surface area contributed by atoms with E-state index < -0.39 is 0 Å². The van der Waals surface area contributed by atoms with Crippen LogP contribution in [0.15, 0.2) is 29.7 Å². The third-order valence-corrected chi connectivity index (χ3v) is 4.69. The van der Waals surface area contributed by atoms with E-state index in [0.29, 0.717) is 17.9 Å². The van der Waals surface area contributed by atoms with Gasteiger partial charge in [0.15, 0.2) is 0 Å². The predicted octanol–water partition coefficient (Wildman–Crippen LogP) is 2.53. The van der Waals surface area contributed by atoms with Gasteiger partial charge < -0.3 is 5.21 Å². The molecule has 1 N–H and O–H groups in total. The monoisotopic (exact) mass is 259 g/mol. The van der Waals surface area contributed by atoms with Crippen LogP contribution in [0.5, 0.6) is 0 Å². The molecule has 3 rings (SSSR count). The van der Waals surface area contributed by atoms with E-state index >= 15 is 0 Å². The minimum Gasteiger partial charge on any atom is -0.411 e. The summed E-state index contributed by atoms with van der Waals surface area (Å²) in [5, 5.41) is 12.9. The van der Waals surface area contributed by atoms with Crippen molar-refractivity contribution in [3.8, 4) is 0 Å². The van der Waals surface area contributed by atoms with Crippen LogP contribution in [0.3, 0.4) is 0 Å². The van der Waals surface area contributed by atoms with Crippen molar-refractivity contribution in [3.05, 3.63) is 30.1 Å². The summed E-state index contributed by atoms with van der Waals surface area (Å²) in [6.45, 7) is 4.07. The smallest absolute Gasteiger partial charge is 0.0775 e. The Kier molecular flexibility index (Phi) is 3.51. The zero-order valence-corrected chi connectivity index (χ0v) is 11.4. The molecule has 4 nitrogen and oxygen atoms in total. The van der Waals surface area contributed by atoms with E-state index in [1.165, 1.54) is 24.8 Å². The molecule has 4 heteroatoms. The molecule has 102 valence electrons. The topological polar surface area (TPSA) is 48.7 Å². The average Bonchev–Trinajstić information content (AvgIpc) is 3.06. The SMILES string of the molecule is CCN(Cc1ccncc1)[C@@H]1/C(=N/O)[C@H]2CC[C@@H]1C2. The fraction of sp³-hybridized carbons (Fsp3) is 0.600. The lowest BCUT2D eigenvalue weighted by atomic mass is 9.91. The van der Waals surface area contributed by atoms with Crippen molar-refractivity contribution in [2.24, 2.45) is 17.0 Å². The highest BCUT2D eigenvalue weighted by Crippen LogP contribution is 2.45. The maximum atomic E-state index is 9.32. The van der Waals surface area contributed by atoms with Gasteiger partial charge in [-0.1, -0.05) is 12.1 Å². The normalized spacial score (nSPS) is 31.5. The molecule has 0 aliphatic heterocycles. The Labute approximate surface area is 114 Å². The van der Waals surface area contributed by atoms with E-state index in [2.05, 4.69) is 34.1 Å². The van der Waals surface area contributed by atoms with Crippen molar-refractivity contribution in [1.29, 1.82) is 0 Å². The number of hydrogen-bond donors (Lipinski definition) is 1. The van der Waals surface area contributed by atoms with Crippen LogP contribution in [0.1, 0.15) is 31.7 Å². The van der Waals surface area contributed by atoms with E-state index in [1.807, 2.05) is 12.4 Å². The molecular weight excluding hydrogens is 238 g/mol. The summed E-state index contributed by atoms with van der Waals surface area (Å²) in [7, 11) is 0. The fourth-order valence-corrected chi connectivity index (χ4v) is 3.81. The molecule has 0 saturated heterocycles. The molecule has 0 spiro atoms. The molecule has 2 aliphatic rings. The number of hydrogen-bond acceptors (Lipinski definition) is 4. The van der Waals surface area contributed by atoms with Gasteiger partial charge in [-0.3, -0.25) is 9.88 Å². The molecule has 2 fully saturated rings. The number of rotatable bonds is 4. The molecule has 19 heavy (non-hydrogen) atoms. The summed E-state index contributed by atoms with van der Waals surface area (Å²) in [4.78, 5) is 6.50. The van der Waals surface area contributed by atoms with Crippen LogP contribution < -0.4 is 0 Å². The lowest BCUT2D eigenvalue weighted by Crippen LogP contribution is -2.44. The van der Waals surface area contributed by atoms with Gasteiger partial charge in [-0.25, -0.2) is 0 Å². The minimum atomic E-state index is 0.335. The molecule has 2 saturated carbocycles. The van der Waals surface area contributed by atoms with Gasteiger partial charge in [0.1, 0.15) is 0 Å². The predicted molar refractivity (Wildman–Crippen MR) is 74.2 cm³/mol. The standard InChI is InChI=1S/C15H21N3O/c1-2-18(10-11-5-7-16-8-6-11)15-13-4-3-12(9-13)14(15)17-19/h5-8,12-13,15,19H,2-4,9-10H2,1H3/b17-14+/t12-,13+,15-/m0/s1. The van der Waals surface area contributed by atoms with Gasteiger partial charge in [0.05, 0.1) is 11.8 Å². The van der Waals surface area contributed by atoms with Gasteiger partial charge in [0.25, 0.3) is 0 Å². The summed E-state index contributed by atoms with van der Waals surface area (Å²) in [6, 6.07) is 4.46. The molecule has 0 amide bonds. The van der Waals surface area contributed by atoms with E-state index in [0.717, 1.165) is 18.8 Å². The summed E-state index contributed by atoms with van der Waals surface area (Å²) in [5.41, 5.74) is 2.30. The van der Waals surface area contributed by atoms with Crippen LogP contribution in [-0.2, 0) is 6.54 Å². The van der Waals surface area contributed by atoms with E-state index in [4.69, 9.17) is 0 Å². The van der Waals surface area contributed by atoms with Crippen LogP contribution >= 0.6 is 0 Å². The highest BCUT2D eigenvalue weighted by atomic mass is 16.4. The van der Waals surface area contributed by atoms with Crippen molar-refractivity contribution in [3.63, 3.8) is 0 Å². The quantitative estimate of drug-likeness (QED) is 0.667. The highest BCUT2D eigenvalue weighted by Gasteiger charge is 2.47. The summed E-state index contributed by atoms with van der Waals surface area (Å²) < 4.78 is 0. The number of nitrogens with zero attached hydrogens (tertiary/aromatic N) is 3. The van der Waals surface area contributed by atoms with Crippen LogP contribution in [0.2, 0.25) is 0 Å². The van der Waals surface area contributed by atoms with Gasteiger partial charge in [-0.15, -0.1) is 0 Å².